The van der Waals surface area contributed by atoms with E-state index in [1.165, 1.54) is 21.3 Å². The van der Waals surface area contributed by atoms with Crippen LogP contribution in [0.3, 0.4) is 0 Å². The van der Waals surface area contributed by atoms with Gasteiger partial charge in [0.2, 0.25) is 0 Å². The zero-order chi connectivity index (χ0) is 19.8. The van der Waals surface area contributed by atoms with Gasteiger partial charge in [0, 0.05) is 18.2 Å². The van der Waals surface area contributed by atoms with Crippen molar-refractivity contribution in [2.75, 3.05) is 27.9 Å². The summed E-state index contributed by atoms with van der Waals surface area (Å²) in [6.45, 7) is 1.69. The molecule has 7 heteroatoms. The van der Waals surface area contributed by atoms with E-state index in [0.717, 1.165) is 5.56 Å². The van der Waals surface area contributed by atoms with Gasteiger partial charge in [-0.25, -0.2) is 4.79 Å². The Morgan fingerprint density at radius 1 is 0.926 bits per heavy atom. The van der Waals surface area contributed by atoms with Gasteiger partial charge in [0.25, 0.3) is 5.91 Å². The number of methoxy groups -OCH3 is 3. The molecule has 0 unspecified atom stereocenters. The minimum absolute atomic E-state index is 0.185. The van der Waals surface area contributed by atoms with Crippen molar-refractivity contribution in [2.45, 2.75) is 13.5 Å². The van der Waals surface area contributed by atoms with Gasteiger partial charge in [-0.05, 0) is 25.1 Å². The molecule has 0 saturated heterocycles. The summed E-state index contributed by atoms with van der Waals surface area (Å²) in [7, 11) is 4.58. The number of carbonyl (C=O) groups excluding carboxylic acids is 2. The van der Waals surface area contributed by atoms with E-state index in [9.17, 15) is 9.59 Å². The van der Waals surface area contributed by atoms with E-state index < -0.39 is 11.9 Å². The molecule has 27 heavy (non-hydrogen) atoms. The molecule has 0 aliphatic heterocycles. The number of rotatable bonds is 8. The van der Waals surface area contributed by atoms with E-state index in [2.05, 4.69) is 5.32 Å². The van der Waals surface area contributed by atoms with Crippen LogP contribution in [0.15, 0.2) is 36.4 Å². The molecule has 0 radical (unpaired) electrons. The lowest BCUT2D eigenvalue weighted by Gasteiger charge is -2.14. The van der Waals surface area contributed by atoms with Crippen LogP contribution in [-0.2, 0) is 16.1 Å². The van der Waals surface area contributed by atoms with Crippen LogP contribution in [0.2, 0.25) is 0 Å². The summed E-state index contributed by atoms with van der Waals surface area (Å²) >= 11 is 0. The third kappa shape index (κ3) is 5.37. The Morgan fingerprint density at radius 3 is 2.22 bits per heavy atom. The van der Waals surface area contributed by atoms with Crippen molar-refractivity contribution < 1.29 is 28.5 Å². The van der Waals surface area contributed by atoms with Gasteiger partial charge in [-0.15, -0.1) is 0 Å². The number of nitrogens with one attached hydrogen (secondary N) is 1. The molecule has 2 rings (SSSR count). The van der Waals surface area contributed by atoms with Crippen molar-refractivity contribution >= 4 is 11.9 Å². The van der Waals surface area contributed by atoms with Gasteiger partial charge >= 0.3 is 5.97 Å². The first-order valence-electron chi connectivity index (χ1n) is 8.27. The number of amides is 1. The maximum atomic E-state index is 12.0. The van der Waals surface area contributed by atoms with Crippen LogP contribution in [0.4, 0.5) is 0 Å². The molecule has 1 N–H and O–H groups in total. The first-order valence-corrected chi connectivity index (χ1v) is 8.27. The normalized spacial score (nSPS) is 10.1. The second-order valence-electron chi connectivity index (χ2n) is 5.74. The molecule has 0 bridgehead atoms. The van der Waals surface area contributed by atoms with Crippen molar-refractivity contribution in [1.82, 2.24) is 5.32 Å². The Morgan fingerprint density at radius 2 is 1.59 bits per heavy atom. The number of benzene rings is 2. The minimum atomic E-state index is -0.544. The van der Waals surface area contributed by atoms with Gasteiger partial charge < -0.3 is 24.3 Å². The van der Waals surface area contributed by atoms with Gasteiger partial charge in [-0.3, -0.25) is 4.79 Å². The highest BCUT2D eigenvalue weighted by atomic mass is 16.5. The number of esters is 1. The van der Waals surface area contributed by atoms with E-state index in [0.29, 0.717) is 28.4 Å². The van der Waals surface area contributed by atoms with E-state index in [1.807, 2.05) is 13.0 Å². The molecule has 7 nitrogen and oxygen atoms in total. The second kappa shape index (κ2) is 9.47. The average Bonchev–Trinajstić information content (AvgIpc) is 2.69. The lowest BCUT2D eigenvalue weighted by atomic mass is 10.1. The minimum Gasteiger partial charge on any atom is -0.496 e. The average molecular weight is 373 g/mol. The molecule has 0 aliphatic carbocycles. The fourth-order valence-electron chi connectivity index (χ4n) is 2.46. The molecule has 0 spiro atoms. The summed E-state index contributed by atoms with van der Waals surface area (Å²) in [5.41, 5.74) is 2.05. The molecule has 0 saturated carbocycles. The lowest BCUT2D eigenvalue weighted by molar-refractivity contribution is -0.124. The van der Waals surface area contributed by atoms with Crippen molar-refractivity contribution in [1.29, 1.82) is 0 Å². The van der Waals surface area contributed by atoms with Crippen LogP contribution in [0.25, 0.3) is 0 Å². The van der Waals surface area contributed by atoms with Crippen LogP contribution < -0.4 is 19.5 Å². The van der Waals surface area contributed by atoms with E-state index in [4.69, 9.17) is 18.9 Å². The number of hydrogen-bond acceptors (Lipinski definition) is 6. The summed E-state index contributed by atoms with van der Waals surface area (Å²) in [5.74, 6) is 0.625. The third-order valence-corrected chi connectivity index (χ3v) is 3.85. The van der Waals surface area contributed by atoms with Gasteiger partial charge in [0.15, 0.2) is 18.1 Å². The fraction of sp³-hybridized carbons (Fsp3) is 0.300. The molecule has 2 aromatic rings. The number of carbonyl (C=O) groups is 2. The van der Waals surface area contributed by atoms with Gasteiger partial charge in [-0.1, -0.05) is 17.7 Å². The SMILES string of the molecule is COc1cc(OC)c(OC)cc1CNC(=O)COC(=O)c1cccc(C)c1. The first kappa shape index (κ1) is 20.1. The molecule has 1 amide bonds. The van der Waals surface area contributed by atoms with Gasteiger partial charge in [0.1, 0.15) is 5.75 Å². The van der Waals surface area contributed by atoms with Gasteiger partial charge in [0.05, 0.1) is 26.9 Å². The second-order valence-corrected chi connectivity index (χ2v) is 5.74. The third-order valence-electron chi connectivity index (χ3n) is 3.85. The quantitative estimate of drug-likeness (QED) is 0.716. The summed E-state index contributed by atoms with van der Waals surface area (Å²) in [5, 5.41) is 2.69. The summed E-state index contributed by atoms with van der Waals surface area (Å²) in [6, 6.07) is 10.4. The van der Waals surface area contributed by atoms with Crippen molar-refractivity contribution in [2.24, 2.45) is 0 Å². The molecule has 2 aromatic carbocycles. The van der Waals surface area contributed by atoms with Gasteiger partial charge in [-0.2, -0.15) is 0 Å². The molecule has 0 aromatic heterocycles. The van der Waals surface area contributed by atoms with Crippen molar-refractivity contribution in [3.8, 4) is 17.2 Å². The summed E-state index contributed by atoms with van der Waals surface area (Å²) < 4.78 is 20.8. The highest BCUT2D eigenvalue weighted by molar-refractivity contribution is 5.91. The Kier molecular flexibility index (Phi) is 7.05. The van der Waals surface area contributed by atoms with Crippen LogP contribution in [0, 0.1) is 6.92 Å². The molecule has 0 fully saturated rings. The Hall–Kier alpha value is -3.22. The zero-order valence-corrected chi connectivity index (χ0v) is 15.8. The summed E-state index contributed by atoms with van der Waals surface area (Å²) in [6.07, 6.45) is 0. The van der Waals surface area contributed by atoms with Crippen molar-refractivity contribution in [3.63, 3.8) is 0 Å². The van der Waals surface area contributed by atoms with E-state index in [1.54, 1.807) is 30.3 Å². The highest BCUT2D eigenvalue weighted by Gasteiger charge is 2.14. The van der Waals surface area contributed by atoms with Crippen molar-refractivity contribution in [3.05, 3.63) is 53.1 Å². The lowest BCUT2D eigenvalue weighted by Crippen LogP contribution is -2.28. The fourth-order valence-corrected chi connectivity index (χ4v) is 2.46. The van der Waals surface area contributed by atoms with E-state index >= 15 is 0 Å². The largest absolute Gasteiger partial charge is 0.496 e. The molecular formula is C20H23NO6. The van der Waals surface area contributed by atoms with Crippen LogP contribution in [-0.4, -0.2) is 39.8 Å². The van der Waals surface area contributed by atoms with Crippen LogP contribution >= 0.6 is 0 Å². The Bertz CT molecular complexity index is 818. The summed E-state index contributed by atoms with van der Waals surface area (Å²) in [4.78, 5) is 24.0. The molecule has 0 heterocycles. The van der Waals surface area contributed by atoms with Crippen LogP contribution in [0.5, 0.6) is 17.2 Å². The first-order chi connectivity index (χ1) is 13.0. The highest BCUT2D eigenvalue weighted by Crippen LogP contribution is 2.34. The predicted octanol–water partition coefficient (Wildman–Crippen LogP) is 2.49. The Balaban J connectivity index is 1.94. The molecule has 0 aliphatic rings. The maximum Gasteiger partial charge on any atom is 0.338 e. The Labute approximate surface area is 158 Å². The van der Waals surface area contributed by atoms with E-state index in [-0.39, 0.29) is 13.2 Å². The van der Waals surface area contributed by atoms with Crippen LogP contribution in [0.1, 0.15) is 21.5 Å². The standard InChI is InChI=1S/C20H23NO6/c1-13-6-5-7-14(8-13)20(23)27-12-19(22)21-11-15-9-17(25-3)18(26-4)10-16(15)24-2/h5-10H,11-12H2,1-4H3,(H,21,22). The number of ether oxygens (including phenoxy) is 4. The predicted molar refractivity (Wildman–Crippen MR) is 99.4 cm³/mol. The maximum absolute atomic E-state index is 12.0. The number of hydrogen-bond donors (Lipinski definition) is 1. The zero-order valence-electron chi connectivity index (χ0n) is 15.8. The molecular weight excluding hydrogens is 350 g/mol. The molecule has 0 atom stereocenters. The number of aryl methyl sites for hydroxylation is 1. The smallest absolute Gasteiger partial charge is 0.338 e. The molecule has 144 valence electrons. The topological polar surface area (TPSA) is 83.1 Å². The monoisotopic (exact) mass is 373 g/mol.